The molecule has 8 heteroatoms. The van der Waals surface area contributed by atoms with Crippen molar-refractivity contribution in [3.05, 3.63) is 11.6 Å². The van der Waals surface area contributed by atoms with Crippen molar-refractivity contribution in [3.63, 3.8) is 0 Å². The topological polar surface area (TPSA) is 126 Å². The van der Waals surface area contributed by atoms with E-state index >= 15 is 0 Å². The first-order valence-electron chi connectivity index (χ1n) is 14.4. The minimum Gasteiger partial charge on any atom is -0.458 e. The molecule has 0 aromatic carbocycles. The van der Waals surface area contributed by atoms with Crippen molar-refractivity contribution in [1.82, 2.24) is 0 Å². The molecule has 5 fully saturated rings. The maximum atomic E-state index is 12.4. The van der Waals surface area contributed by atoms with E-state index in [1.54, 1.807) is 13.0 Å². The molecule has 8 nitrogen and oxygen atoms in total. The van der Waals surface area contributed by atoms with Crippen LogP contribution in [0.25, 0.3) is 0 Å². The lowest BCUT2D eigenvalue weighted by Gasteiger charge is -2.64. The Morgan fingerprint density at radius 2 is 1.73 bits per heavy atom. The third-order valence-electron chi connectivity index (χ3n) is 12.1. The zero-order chi connectivity index (χ0) is 26.3. The van der Waals surface area contributed by atoms with Crippen LogP contribution in [0.15, 0.2) is 11.6 Å². The number of carbonyl (C=O) groups is 1. The standard InChI is InChI=1S/C29H44O8/c1-15-23(31)24(32)25(33)26(36-15)37-18-6-9-27(2)17(13-18)4-5-21-20(27)7-10-28(3)19(8-11-29(21,28)34)16-12-22(30)35-14-16/h12,15,17-21,23-26,31-34H,4-11,13-14H2,1-3H3/t15-,17-,18+,19-,20+,21-,23-,24+,25-,26+,27+,28-,29?/m1/s1. The first-order valence-corrected chi connectivity index (χ1v) is 14.4. The third kappa shape index (κ3) is 3.80. The summed E-state index contributed by atoms with van der Waals surface area (Å²) in [6.45, 7) is 6.73. The maximum absolute atomic E-state index is 12.4. The average Bonchev–Trinajstić information content (AvgIpc) is 3.41. The molecule has 0 amide bonds. The van der Waals surface area contributed by atoms with E-state index in [0.29, 0.717) is 18.4 Å². The third-order valence-corrected chi connectivity index (χ3v) is 12.1. The second kappa shape index (κ2) is 9.00. The van der Waals surface area contributed by atoms with Crippen LogP contribution in [0.3, 0.4) is 0 Å². The Hall–Kier alpha value is -1.03. The molecule has 4 N–H and O–H groups in total. The number of rotatable bonds is 3. The quantitative estimate of drug-likeness (QED) is 0.330. The van der Waals surface area contributed by atoms with Crippen molar-refractivity contribution in [1.29, 1.82) is 0 Å². The fourth-order valence-corrected chi connectivity index (χ4v) is 9.81. The van der Waals surface area contributed by atoms with E-state index < -0.39 is 36.3 Å². The van der Waals surface area contributed by atoms with Gasteiger partial charge in [0.15, 0.2) is 6.29 Å². The molecule has 37 heavy (non-hydrogen) atoms. The van der Waals surface area contributed by atoms with Crippen LogP contribution in [-0.2, 0) is 19.0 Å². The van der Waals surface area contributed by atoms with Gasteiger partial charge in [-0.05, 0) is 99.4 Å². The number of cyclic esters (lactones) is 1. The molecule has 6 rings (SSSR count). The van der Waals surface area contributed by atoms with Crippen LogP contribution in [0.1, 0.15) is 78.6 Å². The van der Waals surface area contributed by atoms with Crippen LogP contribution in [0.5, 0.6) is 0 Å². The summed E-state index contributed by atoms with van der Waals surface area (Å²) in [5, 5.41) is 43.0. The van der Waals surface area contributed by atoms with Crippen molar-refractivity contribution in [2.24, 2.45) is 34.5 Å². The van der Waals surface area contributed by atoms with Gasteiger partial charge in [0.2, 0.25) is 0 Å². The van der Waals surface area contributed by atoms with Crippen molar-refractivity contribution in [3.8, 4) is 0 Å². The smallest absolute Gasteiger partial charge is 0.331 e. The van der Waals surface area contributed by atoms with Gasteiger partial charge in [-0.2, -0.15) is 0 Å². The zero-order valence-corrected chi connectivity index (χ0v) is 22.3. The summed E-state index contributed by atoms with van der Waals surface area (Å²) in [5.74, 6) is 1.14. The predicted octanol–water partition coefficient (Wildman–Crippen LogP) is 2.46. The second-order valence-electron chi connectivity index (χ2n) is 13.5. The zero-order valence-electron chi connectivity index (χ0n) is 22.3. The minimum atomic E-state index is -1.28. The van der Waals surface area contributed by atoms with Gasteiger partial charge < -0.3 is 34.6 Å². The molecule has 2 aliphatic heterocycles. The number of aliphatic hydroxyl groups is 4. The number of fused-ring (bicyclic) bond motifs is 5. The van der Waals surface area contributed by atoms with E-state index in [4.69, 9.17) is 14.2 Å². The summed E-state index contributed by atoms with van der Waals surface area (Å²) < 4.78 is 17.2. The highest BCUT2D eigenvalue weighted by atomic mass is 16.7. The first kappa shape index (κ1) is 26.2. The molecular weight excluding hydrogens is 476 g/mol. The summed E-state index contributed by atoms with van der Waals surface area (Å²) in [6.07, 6.45) is 4.88. The fourth-order valence-electron chi connectivity index (χ4n) is 9.81. The first-order chi connectivity index (χ1) is 17.5. The van der Waals surface area contributed by atoms with Crippen molar-refractivity contribution in [2.75, 3.05) is 6.61 Å². The summed E-state index contributed by atoms with van der Waals surface area (Å²) in [4.78, 5) is 11.8. The van der Waals surface area contributed by atoms with Crippen LogP contribution >= 0.6 is 0 Å². The van der Waals surface area contributed by atoms with Gasteiger partial charge in [-0.15, -0.1) is 0 Å². The molecule has 4 aliphatic carbocycles. The van der Waals surface area contributed by atoms with Crippen LogP contribution in [0.2, 0.25) is 0 Å². The van der Waals surface area contributed by atoms with E-state index in [-0.39, 0.29) is 34.7 Å². The minimum absolute atomic E-state index is 0.0661. The molecule has 208 valence electrons. The number of esters is 1. The molecule has 0 bridgehead atoms. The maximum Gasteiger partial charge on any atom is 0.331 e. The monoisotopic (exact) mass is 520 g/mol. The van der Waals surface area contributed by atoms with Gasteiger partial charge in [-0.3, -0.25) is 0 Å². The molecule has 13 atom stereocenters. The summed E-state index contributed by atoms with van der Waals surface area (Å²) in [5.41, 5.74) is 0.243. The largest absolute Gasteiger partial charge is 0.458 e. The van der Waals surface area contributed by atoms with Gasteiger partial charge in [0, 0.05) is 11.5 Å². The molecule has 0 radical (unpaired) electrons. The highest BCUT2D eigenvalue weighted by Gasteiger charge is 2.67. The van der Waals surface area contributed by atoms with Crippen LogP contribution in [0.4, 0.5) is 0 Å². The lowest BCUT2D eigenvalue weighted by molar-refractivity contribution is -0.310. The lowest BCUT2D eigenvalue weighted by atomic mass is 9.43. The molecule has 0 aromatic heterocycles. The van der Waals surface area contributed by atoms with Crippen molar-refractivity contribution in [2.45, 2.75) is 121 Å². The summed E-state index contributed by atoms with van der Waals surface area (Å²) >= 11 is 0. The van der Waals surface area contributed by atoms with Crippen molar-refractivity contribution >= 4 is 5.97 Å². The normalized spacial score (nSPS) is 55.6. The van der Waals surface area contributed by atoms with E-state index in [2.05, 4.69) is 13.8 Å². The van der Waals surface area contributed by atoms with Crippen LogP contribution in [0, 0.1) is 34.5 Å². The Labute approximate surface area is 219 Å². The number of ether oxygens (including phenoxy) is 3. The van der Waals surface area contributed by atoms with Gasteiger partial charge >= 0.3 is 5.97 Å². The molecule has 4 saturated carbocycles. The predicted molar refractivity (Wildman–Crippen MR) is 133 cm³/mol. The van der Waals surface area contributed by atoms with Gasteiger partial charge in [0.25, 0.3) is 0 Å². The summed E-state index contributed by atoms with van der Waals surface area (Å²) in [6, 6.07) is 0. The number of hydrogen-bond donors (Lipinski definition) is 4. The molecule has 2 heterocycles. The summed E-state index contributed by atoms with van der Waals surface area (Å²) in [7, 11) is 0. The molecule has 6 aliphatic rings. The molecule has 1 saturated heterocycles. The van der Waals surface area contributed by atoms with Crippen molar-refractivity contribution < 1.29 is 39.4 Å². The van der Waals surface area contributed by atoms with Gasteiger partial charge in [0.1, 0.15) is 24.9 Å². The average molecular weight is 521 g/mol. The Morgan fingerprint density at radius 3 is 2.46 bits per heavy atom. The number of aliphatic hydroxyl groups excluding tert-OH is 3. The molecule has 0 spiro atoms. The lowest BCUT2D eigenvalue weighted by Crippen LogP contribution is -2.62. The van der Waals surface area contributed by atoms with Crippen LogP contribution < -0.4 is 0 Å². The number of hydrogen-bond acceptors (Lipinski definition) is 8. The molecule has 1 unspecified atom stereocenters. The van der Waals surface area contributed by atoms with E-state index in [9.17, 15) is 25.2 Å². The van der Waals surface area contributed by atoms with E-state index in [1.807, 2.05) is 0 Å². The van der Waals surface area contributed by atoms with Crippen LogP contribution in [-0.4, -0.2) is 75.4 Å². The van der Waals surface area contributed by atoms with Gasteiger partial charge in [0.05, 0.1) is 17.8 Å². The molecule has 0 aromatic rings. The Kier molecular flexibility index (Phi) is 6.37. The highest BCUT2D eigenvalue weighted by Crippen LogP contribution is 2.70. The Balaban J connectivity index is 1.16. The second-order valence-corrected chi connectivity index (χ2v) is 13.5. The fraction of sp³-hybridized carbons (Fsp3) is 0.897. The molecular formula is C29H44O8. The Morgan fingerprint density at radius 1 is 0.946 bits per heavy atom. The van der Waals surface area contributed by atoms with E-state index in [0.717, 1.165) is 63.4 Å². The highest BCUT2D eigenvalue weighted by molar-refractivity contribution is 5.85. The SMILES string of the molecule is C[C@H]1O[C@@H](O[C@H]2CC[C@@]3(C)[C@H](CC[C@@H]4[C@@H]3CC[C@]3(C)[C@@H](C5=CC(=O)OC5)CCC43O)C2)[C@H](O)[C@@H](O)[C@@H]1O. The van der Waals surface area contributed by atoms with E-state index in [1.165, 1.54) is 0 Å². The van der Waals surface area contributed by atoms with Gasteiger partial charge in [-0.1, -0.05) is 13.8 Å². The number of carbonyl (C=O) groups excluding carboxylic acids is 1. The van der Waals surface area contributed by atoms with Gasteiger partial charge in [-0.25, -0.2) is 4.79 Å². The Bertz CT molecular complexity index is 952.